The average molecular weight is 603 g/mol. The Morgan fingerprint density at radius 3 is 2.52 bits per heavy atom. The quantitative estimate of drug-likeness (QED) is 0.113. The number of hydrogen-bond acceptors (Lipinski definition) is 7. The van der Waals surface area contributed by atoms with Crippen LogP contribution < -0.4 is 21.1 Å². The lowest BCUT2D eigenvalue weighted by Crippen LogP contribution is -2.32. The van der Waals surface area contributed by atoms with Crippen molar-refractivity contribution < 1.29 is 13.2 Å². The van der Waals surface area contributed by atoms with Gasteiger partial charge in [0.15, 0.2) is 0 Å². The van der Waals surface area contributed by atoms with Crippen LogP contribution in [0.3, 0.4) is 0 Å². The van der Waals surface area contributed by atoms with Gasteiger partial charge in [-0.2, -0.15) is 0 Å². The summed E-state index contributed by atoms with van der Waals surface area (Å²) in [6, 6.07) is 22.9. The molecule has 0 bridgehead atoms. The van der Waals surface area contributed by atoms with Gasteiger partial charge in [-0.15, -0.1) is 0 Å². The van der Waals surface area contributed by atoms with Gasteiger partial charge in [-0.25, -0.2) is 18.1 Å². The van der Waals surface area contributed by atoms with Gasteiger partial charge >= 0.3 is 0 Å². The first-order valence-electron chi connectivity index (χ1n) is 13.5. The summed E-state index contributed by atoms with van der Waals surface area (Å²) in [6.07, 6.45) is 3.87. The number of sulfonamides is 1. The Kier molecular flexibility index (Phi) is 9.28. The van der Waals surface area contributed by atoms with Crippen molar-refractivity contribution in [2.24, 2.45) is 5.73 Å². The molecule has 0 fully saturated rings. The molecule has 5 aromatic rings. The topological polar surface area (TPSA) is 139 Å². The molecule has 0 aliphatic carbocycles. The van der Waals surface area contributed by atoms with Crippen molar-refractivity contribution in [1.29, 1.82) is 0 Å². The third-order valence-corrected chi connectivity index (χ3v) is 8.62. The van der Waals surface area contributed by atoms with E-state index in [9.17, 15) is 13.2 Å². The van der Waals surface area contributed by atoms with Crippen LogP contribution in [-0.2, 0) is 16.6 Å². The minimum absolute atomic E-state index is 0.00637. The van der Waals surface area contributed by atoms with E-state index in [1.54, 1.807) is 30.6 Å². The number of carbonyl (C=O) groups is 1. The third kappa shape index (κ3) is 7.21. The number of benzene rings is 3. The summed E-state index contributed by atoms with van der Waals surface area (Å²) in [5.74, 6) is 0.0414. The average Bonchev–Trinajstić information content (AvgIpc) is 2.99. The smallest absolute Gasteiger partial charge is 0.248 e. The van der Waals surface area contributed by atoms with E-state index >= 15 is 0 Å². The van der Waals surface area contributed by atoms with E-state index in [1.807, 2.05) is 54.6 Å². The summed E-state index contributed by atoms with van der Waals surface area (Å²) >= 11 is 6.49. The van der Waals surface area contributed by atoms with E-state index in [-0.39, 0.29) is 12.3 Å². The molecular formula is C31H31ClN6O3S. The van der Waals surface area contributed by atoms with Crippen molar-refractivity contribution in [2.45, 2.75) is 13.0 Å². The lowest BCUT2D eigenvalue weighted by Gasteiger charge is -2.13. The molecule has 5 N–H and O–H groups in total. The van der Waals surface area contributed by atoms with Crippen LogP contribution in [0.25, 0.3) is 32.8 Å². The zero-order valence-electron chi connectivity index (χ0n) is 22.8. The van der Waals surface area contributed by atoms with E-state index in [2.05, 4.69) is 25.3 Å². The number of halogens is 1. The Morgan fingerprint density at radius 2 is 1.74 bits per heavy atom. The molecule has 3 aromatic carbocycles. The highest BCUT2D eigenvalue weighted by Crippen LogP contribution is 2.30. The molecular weight excluding hydrogens is 572 g/mol. The van der Waals surface area contributed by atoms with Gasteiger partial charge in [0.2, 0.25) is 15.9 Å². The second-order valence-corrected chi connectivity index (χ2v) is 12.2. The van der Waals surface area contributed by atoms with E-state index in [4.69, 9.17) is 17.3 Å². The van der Waals surface area contributed by atoms with E-state index in [1.165, 1.54) is 0 Å². The van der Waals surface area contributed by atoms with Gasteiger partial charge < -0.3 is 16.4 Å². The molecule has 0 radical (unpaired) electrons. The number of hydrogen-bond donors (Lipinski definition) is 4. The van der Waals surface area contributed by atoms with Crippen molar-refractivity contribution in [3.05, 3.63) is 101 Å². The predicted octanol–water partition coefficient (Wildman–Crippen LogP) is 4.71. The van der Waals surface area contributed by atoms with Gasteiger partial charge in [0.1, 0.15) is 5.82 Å². The largest absolute Gasteiger partial charge is 0.368 e. The van der Waals surface area contributed by atoms with Gasteiger partial charge in [0.05, 0.1) is 11.3 Å². The zero-order chi connectivity index (χ0) is 29.5. The Morgan fingerprint density at radius 1 is 0.905 bits per heavy atom. The number of anilines is 1. The van der Waals surface area contributed by atoms with Gasteiger partial charge in [-0.3, -0.25) is 9.78 Å². The minimum Gasteiger partial charge on any atom is -0.368 e. The number of pyridine rings is 2. The number of amides is 1. The van der Waals surface area contributed by atoms with Crippen LogP contribution >= 0.6 is 11.6 Å². The standard InChI is InChI=1S/C31H31ClN6O3S/c32-28-17-21(7-9-24(28)22-5-2-1-3-6-22)19-34-12-4-16-42(40,41)37-15-14-36-31-26-11-13-35-20-27(26)25-10-8-23(30(33)39)18-29(25)38-31/h1-3,5-11,13,17-18,20,34,37H,4,12,14-16,19H2,(H2,33,39)(H,36,38). The lowest BCUT2D eigenvalue weighted by atomic mass is 10.0. The summed E-state index contributed by atoms with van der Waals surface area (Å²) in [6.45, 7) is 1.65. The number of fused-ring (bicyclic) bond motifs is 3. The van der Waals surface area contributed by atoms with Crippen molar-refractivity contribution in [2.75, 3.05) is 30.7 Å². The molecule has 1 amide bonds. The van der Waals surface area contributed by atoms with Crippen LogP contribution in [0.15, 0.2) is 85.2 Å². The van der Waals surface area contributed by atoms with Gasteiger partial charge in [-0.05, 0) is 48.4 Å². The van der Waals surface area contributed by atoms with Crippen LogP contribution in [0.1, 0.15) is 22.3 Å². The van der Waals surface area contributed by atoms with Gasteiger partial charge in [-0.1, -0.05) is 60.1 Å². The van der Waals surface area contributed by atoms with Crippen molar-refractivity contribution in [1.82, 2.24) is 20.0 Å². The van der Waals surface area contributed by atoms with E-state index in [0.717, 1.165) is 32.8 Å². The number of primary amides is 1. The summed E-state index contributed by atoms with van der Waals surface area (Å²) in [5, 5.41) is 9.73. The first-order chi connectivity index (χ1) is 20.3. The molecule has 2 aromatic heterocycles. The zero-order valence-corrected chi connectivity index (χ0v) is 24.4. The summed E-state index contributed by atoms with van der Waals surface area (Å²) in [7, 11) is -3.45. The highest BCUT2D eigenvalue weighted by molar-refractivity contribution is 7.89. The van der Waals surface area contributed by atoms with Crippen molar-refractivity contribution in [3.63, 3.8) is 0 Å². The molecule has 2 heterocycles. The number of aromatic nitrogens is 2. The van der Waals surface area contributed by atoms with Crippen LogP contribution in [0.2, 0.25) is 5.02 Å². The maximum atomic E-state index is 12.5. The number of nitrogens with zero attached hydrogens (tertiary/aromatic N) is 2. The molecule has 0 saturated heterocycles. The molecule has 5 rings (SSSR count). The Balaban J connectivity index is 1.09. The second-order valence-electron chi connectivity index (χ2n) is 9.83. The van der Waals surface area contributed by atoms with E-state index in [0.29, 0.717) is 48.0 Å². The molecule has 0 aliphatic rings. The number of nitrogens with one attached hydrogen (secondary N) is 3. The molecule has 11 heteroatoms. The fourth-order valence-corrected chi connectivity index (χ4v) is 6.13. The predicted molar refractivity (Wildman–Crippen MR) is 169 cm³/mol. The molecule has 0 unspecified atom stereocenters. The monoisotopic (exact) mass is 602 g/mol. The second kappa shape index (κ2) is 13.3. The molecule has 0 aliphatic heterocycles. The Bertz CT molecular complexity index is 1830. The van der Waals surface area contributed by atoms with Crippen molar-refractivity contribution >= 4 is 55.0 Å². The first kappa shape index (κ1) is 29.4. The number of rotatable bonds is 13. The first-order valence-corrected chi connectivity index (χ1v) is 15.6. The molecule has 0 saturated carbocycles. The van der Waals surface area contributed by atoms with Crippen LogP contribution in [0.4, 0.5) is 5.82 Å². The number of carbonyl (C=O) groups excluding carboxylic acids is 1. The Hall–Kier alpha value is -4.09. The summed E-state index contributed by atoms with van der Waals surface area (Å²) < 4.78 is 27.7. The highest BCUT2D eigenvalue weighted by Gasteiger charge is 2.12. The normalized spacial score (nSPS) is 11.6. The van der Waals surface area contributed by atoms with Crippen LogP contribution in [0.5, 0.6) is 0 Å². The van der Waals surface area contributed by atoms with Crippen LogP contribution in [-0.4, -0.2) is 49.7 Å². The fraction of sp³-hybridized carbons (Fsp3) is 0.194. The third-order valence-electron chi connectivity index (χ3n) is 6.83. The maximum absolute atomic E-state index is 12.5. The number of nitrogens with two attached hydrogens (primary N) is 1. The Labute approximate surface area is 249 Å². The van der Waals surface area contributed by atoms with Gasteiger partial charge in [0.25, 0.3) is 0 Å². The van der Waals surface area contributed by atoms with Gasteiger partial charge in [0, 0.05) is 64.3 Å². The molecule has 0 spiro atoms. The fourth-order valence-electron chi connectivity index (χ4n) is 4.74. The molecule has 216 valence electrons. The lowest BCUT2D eigenvalue weighted by molar-refractivity contribution is 0.100. The molecule has 9 nitrogen and oxygen atoms in total. The summed E-state index contributed by atoms with van der Waals surface area (Å²) in [5.41, 5.74) is 9.46. The minimum atomic E-state index is -3.45. The van der Waals surface area contributed by atoms with Crippen LogP contribution in [0, 0.1) is 0 Å². The molecule has 42 heavy (non-hydrogen) atoms. The van der Waals surface area contributed by atoms with E-state index < -0.39 is 15.9 Å². The summed E-state index contributed by atoms with van der Waals surface area (Å²) in [4.78, 5) is 20.5. The highest BCUT2D eigenvalue weighted by atomic mass is 35.5. The maximum Gasteiger partial charge on any atom is 0.248 e. The van der Waals surface area contributed by atoms with Crippen molar-refractivity contribution in [3.8, 4) is 11.1 Å². The molecule has 0 atom stereocenters. The SMILES string of the molecule is NC(=O)c1ccc2c(c1)nc(NCCNS(=O)(=O)CCCNCc1ccc(-c3ccccc3)c(Cl)c1)c1ccncc12.